The maximum Gasteiger partial charge on any atom is 0.0681 e. The van der Waals surface area contributed by atoms with E-state index < -0.39 is 0 Å². The third-order valence-electron chi connectivity index (χ3n) is 3.45. The molecule has 0 rings (SSSR count). The van der Waals surface area contributed by atoms with Gasteiger partial charge in [-0.05, 0) is 27.7 Å². The summed E-state index contributed by atoms with van der Waals surface area (Å²) in [4.78, 5) is 0. The lowest BCUT2D eigenvalue weighted by molar-refractivity contribution is -0.177. The topological polar surface area (TPSA) is 49.7 Å². The van der Waals surface area contributed by atoms with E-state index in [-0.39, 0.29) is 36.3 Å². The van der Waals surface area contributed by atoms with E-state index in [1.807, 2.05) is 41.5 Å². The SMILES string of the molecule is CC(CO)C(C)(C)OC(C)(C)C(C)CO. The summed E-state index contributed by atoms with van der Waals surface area (Å²) in [5.74, 6) is 0.144. The first-order chi connectivity index (χ1) is 6.67. The highest BCUT2D eigenvalue weighted by Crippen LogP contribution is 2.31. The van der Waals surface area contributed by atoms with Gasteiger partial charge in [0, 0.05) is 25.0 Å². The molecule has 2 unspecified atom stereocenters. The molecule has 15 heavy (non-hydrogen) atoms. The van der Waals surface area contributed by atoms with Gasteiger partial charge in [0.05, 0.1) is 11.2 Å². The zero-order valence-electron chi connectivity index (χ0n) is 10.9. The lowest BCUT2D eigenvalue weighted by Crippen LogP contribution is -2.46. The van der Waals surface area contributed by atoms with Gasteiger partial charge >= 0.3 is 0 Å². The molecule has 0 aromatic carbocycles. The summed E-state index contributed by atoms with van der Waals surface area (Å²) in [5.41, 5.74) is -0.774. The average Bonchev–Trinajstić information content (AvgIpc) is 2.13. The lowest BCUT2D eigenvalue weighted by atomic mass is 9.88. The molecule has 3 heteroatoms. The van der Waals surface area contributed by atoms with E-state index in [0.29, 0.717) is 0 Å². The number of aliphatic hydroxyl groups is 2. The van der Waals surface area contributed by atoms with Gasteiger partial charge in [-0.3, -0.25) is 0 Å². The van der Waals surface area contributed by atoms with Crippen LogP contribution in [0.2, 0.25) is 0 Å². The van der Waals surface area contributed by atoms with Crippen LogP contribution in [0.1, 0.15) is 41.5 Å². The Morgan fingerprint density at radius 3 is 1.33 bits per heavy atom. The van der Waals surface area contributed by atoms with Crippen molar-refractivity contribution in [3.05, 3.63) is 0 Å². The fourth-order valence-electron chi connectivity index (χ4n) is 1.32. The summed E-state index contributed by atoms with van der Waals surface area (Å²) in [6.07, 6.45) is 0. The minimum Gasteiger partial charge on any atom is -0.396 e. The van der Waals surface area contributed by atoms with Crippen LogP contribution in [0.5, 0.6) is 0 Å². The molecule has 92 valence electrons. The molecule has 0 saturated heterocycles. The van der Waals surface area contributed by atoms with Crippen molar-refractivity contribution < 1.29 is 14.9 Å². The Balaban J connectivity index is 4.56. The van der Waals surface area contributed by atoms with E-state index in [0.717, 1.165) is 0 Å². The van der Waals surface area contributed by atoms with E-state index in [1.165, 1.54) is 0 Å². The molecule has 0 aliphatic heterocycles. The zero-order valence-corrected chi connectivity index (χ0v) is 10.9. The molecule has 0 heterocycles. The van der Waals surface area contributed by atoms with Gasteiger partial charge in [-0.15, -0.1) is 0 Å². The third kappa shape index (κ3) is 4.09. The van der Waals surface area contributed by atoms with Gasteiger partial charge in [-0.25, -0.2) is 0 Å². The van der Waals surface area contributed by atoms with Gasteiger partial charge in [0.1, 0.15) is 0 Å². The summed E-state index contributed by atoms with van der Waals surface area (Å²) in [5, 5.41) is 18.3. The summed E-state index contributed by atoms with van der Waals surface area (Å²) < 4.78 is 6.01. The van der Waals surface area contributed by atoms with Gasteiger partial charge in [-0.1, -0.05) is 13.8 Å². The van der Waals surface area contributed by atoms with E-state index in [2.05, 4.69) is 0 Å². The van der Waals surface area contributed by atoms with Crippen molar-refractivity contribution in [3.8, 4) is 0 Å². The highest BCUT2D eigenvalue weighted by Gasteiger charge is 2.36. The Morgan fingerprint density at radius 2 is 1.13 bits per heavy atom. The Bertz CT molecular complexity index is 167. The maximum absolute atomic E-state index is 9.13. The smallest absolute Gasteiger partial charge is 0.0681 e. The van der Waals surface area contributed by atoms with Crippen molar-refractivity contribution in [2.24, 2.45) is 11.8 Å². The van der Waals surface area contributed by atoms with Crippen LogP contribution in [-0.4, -0.2) is 34.6 Å². The molecule has 0 amide bonds. The minimum atomic E-state index is -0.387. The number of aliphatic hydroxyl groups excluding tert-OH is 2. The molecule has 2 atom stereocenters. The fourth-order valence-corrected chi connectivity index (χ4v) is 1.32. The number of hydrogen-bond donors (Lipinski definition) is 2. The molecule has 0 radical (unpaired) electrons. The monoisotopic (exact) mass is 218 g/mol. The zero-order chi connectivity index (χ0) is 12.3. The summed E-state index contributed by atoms with van der Waals surface area (Å²) in [7, 11) is 0. The first-order valence-electron chi connectivity index (χ1n) is 5.59. The van der Waals surface area contributed by atoms with Gasteiger partial charge in [0.15, 0.2) is 0 Å². The predicted molar refractivity (Wildman–Crippen MR) is 61.7 cm³/mol. The molecule has 0 bridgehead atoms. The van der Waals surface area contributed by atoms with Crippen LogP contribution in [0.15, 0.2) is 0 Å². The van der Waals surface area contributed by atoms with E-state index in [1.54, 1.807) is 0 Å². The third-order valence-corrected chi connectivity index (χ3v) is 3.45. The highest BCUT2D eigenvalue weighted by atomic mass is 16.5. The van der Waals surface area contributed by atoms with Crippen LogP contribution in [0, 0.1) is 11.8 Å². The quantitative estimate of drug-likeness (QED) is 0.715. The van der Waals surface area contributed by atoms with Gasteiger partial charge in [0.25, 0.3) is 0 Å². The standard InChI is InChI=1S/C12H26O3/c1-9(7-13)11(3,4)15-12(5,6)10(2)8-14/h9-10,13-14H,7-8H2,1-6H3. The van der Waals surface area contributed by atoms with Crippen LogP contribution >= 0.6 is 0 Å². The molecular formula is C12H26O3. The van der Waals surface area contributed by atoms with Crippen molar-refractivity contribution in [1.82, 2.24) is 0 Å². The molecule has 0 aliphatic carbocycles. The minimum absolute atomic E-state index is 0.0719. The first-order valence-corrected chi connectivity index (χ1v) is 5.59. The molecule has 0 aromatic heterocycles. The second-order valence-electron chi connectivity index (χ2n) is 5.48. The van der Waals surface area contributed by atoms with Crippen LogP contribution < -0.4 is 0 Å². The maximum atomic E-state index is 9.13. The second kappa shape index (κ2) is 5.28. The number of ether oxygens (including phenoxy) is 1. The van der Waals surface area contributed by atoms with Crippen molar-refractivity contribution in [2.75, 3.05) is 13.2 Å². The van der Waals surface area contributed by atoms with Crippen molar-refractivity contribution in [1.29, 1.82) is 0 Å². The fraction of sp³-hybridized carbons (Fsp3) is 1.00. The molecular weight excluding hydrogens is 192 g/mol. The molecule has 0 aromatic rings. The van der Waals surface area contributed by atoms with E-state index in [4.69, 9.17) is 14.9 Å². The average molecular weight is 218 g/mol. The second-order valence-corrected chi connectivity index (χ2v) is 5.48. The van der Waals surface area contributed by atoms with E-state index >= 15 is 0 Å². The summed E-state index contributed by atoms with van der Waals surface area (Å²) in [6.45, 7) is 12.0. The molecule has 0 aliphatic rings. The normalized spacial score (nSPS) is 17.6. The number of hydrogen-bond acceptors (Lipinski definition) is 3. The van der Waals surface area contributed by atoms with Crippen molar-refractivity contribution in [2.45, 2.75) is 52.7 Å². The van der Waals surface area contributed by atoms with Gasteiger partial charge < -0.3 is 14.9 Å². The lowest BCUT2D eigenvalue weighted by Gasteiger charge is -2.42. The Labute approximate surface area is 93.5 Å². The molecule has 0 saturated carbocycles. The Kier molecular flexibility index (Phi) is 5.24. The van der Waals surface area contributed by atoms with E-state index in [9.17, 15) is 0 Å². The summed E-state index contributed by atoms with van der Waals surface area (Å²) >= 11 is 0. The number of rotatable bonds is 6. The van der Waals surface area contributed by atoms with Crippen LogP contribution in [0.3, 0.4) is 0 Å². The summed E-state index contributed by atoms with van der Waals surface area (Å²) in [6, 6.07) is 0. The molecule has 3 nitrogen and oxygen atoms in total. The van der Waals surface area contributed by atoms with Crippen molar-refractivity contribution >= 4 is 0 Å². The Morgan fingerprint density at radius 1 is 0.867 bits per heavy atom. The van der Waals surface area contributed by atoms with Crippen molar-refractivity contribution in [3.63, 3.8) is 0 Å². The van der Waals surface area contributed by atoms with Gasteiger partial charge in [-0.2, -0.15) is 0 Å². The van der Waals surface area contributed by atoms with Gasteiger partial charge in [0.2, 0.25) is 0 Å². The highest BCUT2D eigenvalue weighted by molar-refractivity contribution is 4.84. The van der Waals surface area contributed by atoms with Crippen LogP contribution in [0.25, 0.3) is 0 Å². The first kappa shape index (κ1) is 14.9. The largest absolute Gasteiger partial charge is 0.396 e. The van der Waals surface area contributed by atoms with Crippen LogP contribution in [-0.2, 0) is 4.74 Å². The molecule has 2 N–H and O–H groups in total. The predicted octanol–water partition coefficient (Wildman–Crippen LogP) is 1.82. The molecule has 0 fully saturated rings. The molecule has 0 spiro atoms. The Hall–Kier alpha value is -0.120. The van der Waals surface area contributed by atoms with Crippen LogP contribution in [0.4, 0.5) is 0 Å².